The molecule has 1 fully saturated rings. The minimum Gasteiger partial charge on any atom is -0.395 e. The molecule has 1 aromatic rings. The number of aliphatic hydroxyl groups is 1. The highest BCUT2D eigenvalue weighted by molar-refractivity contribution is 5.14. The van der Waals surface area contributed by atoms with Gasteiger partial charge in [0, 0.05) is 20.4 Å². The summed E-state index contributed by atoms with van der Waals surface area (Å²) in [5, 5.41) is 9.80. The molecule has 0 amide bonds. The summed E-state index contributed by atoms with van der Waals surface area (Å²) in [7, 11) is 3.16. The van der Waals surface area contributed by atoms with E-state index in [4.69, 9.17) is 9.47 Å². The predicted molar refractivity (Wildman–Crippen MR) is 70.6 cm³/mol. The van der Waals surface area contributed by atoms with Crippen molar-refractivity contribution in [2.24, 2.45) is 0 Å². The maximum atomic E-state index is 9.80. The van der Waals surface area contributed by atoms with E-state index in [-0.39, 0.29) is 12.0 Å². The van der Waals surface area contributed by atoms with E-state index in [2.05, 4.69) is 9.97 Å². The summed E-state index contributed by atoms with van der Waals surface area (Å²) in [5.41, 5.74) is 0.411. The first-order valence-corrected chi connectivity index (χ1v) is 6.75. The van der Waals surface area contributed by atoms with Crippen LogP contribution in [0.2, 0.25) is 0 Å². The molecule has 0 radical (unpaired) electrons. The molecule has 2 rings (SSSR count). The third kappa shape index (κ3) is 2.94. The molecule has 5 nitrogen and oxygen atoms in total. The molecule has 0 saturated heterocycles. The number of aromatic nitrogens is 2. The summed E-state index contributed by atoms with van der Waals surface area (Å²) in [5.74, 6) is 0.714. The quantitative estimate of drug-likeness (QED) is 0.825. The van der Waals surface area contributed by atoms with E-state index in [0.29, 0.717) is 11.5 Å². The zero-order valence-corrected chi connectivity index (χ0v) is 11.6. The molecule has 0 aromatic carbocycles. The van der Waals surface area contributed by atoms with Crippen LogP contribution in [0.4, 0.5) is 0 Å². The van der Waals surface area contributed by atoms with E-state index in [1.54, 1.807) is 26.5 Å². The van der Waals surface area contributed by atoms with E-state index in [0.717, 1.165) is 25.7 Å². The van der Waals surface area contributed by atoms with Crippen molar-refractivity contribution in [3.63, 3.8) is 0 Å². The lowest BCUT2D eigenvalue weighted by atomic mass is 9.74. The molecular formula is C14H22N2O3. The Morgan fingerprint density at radius 1 is 1.26 bits per heavy atom. The molecule has 1 N–H and O–H groups in total. The summed E-state index contributed by atoms with van der Waals surface area (Å²) in [4.78, 5) is 8.94. The van der Waals surface area contributed by atoms with Crippen molar-refractivity contribution in [3.8, 4) is 0 Å². The van der Waals surface area contributed by atoms with Gasteiger partial charge in [0.1, 0.15) is 5.82 Å². The van der Waals surface area contributed by atoms with Crippen LogP contribution in [0.1, 0.15) is 49.9 Å². The van der Waals surface area contributed by atoms with Gasteiger partial charge < -0.3 is 14.6 Å². The topological polar surface area (TPSA) is 64.5 Å². The van der Waals surface area contributed by atoms with Crippen LogP contribution < -0.4 is 0 Å². The van der Waals surface area contributed by atoms with Crippen molar-refractivity contribution in [2.45, 2.75) is 43.8 Å². The molecule has 5 heteroatoms. The van der Waals surface area contributed by atoms with Gasteiger partial charge in [0.15, 0.2) is 0 Å². The highest BCUT2D eigenvalue weighted by Gasteiger charge is 2.36. The second kappa shape index (κ2) is 6.41. The minimum absolute atomic E-state index is 0.0983. The Morgan fingerprint density at radius 3 is 2.53 bits per heavy atom. The molecule has 1 aliphatic carbocycles. The number of rotatable bonds is 5. The Kier molecular flexibility index (Phi) is 4.85. The first-order chi connectivity index (χ1) is 9.25. The molecule has 0 spiro atoms. The fourth-order valence-corrected chi connectivity index (χ4v) is 2.78. The van der Waals surface area contributed by atoms with Crippen LogP contribution in [0.5, 0.6) is 0 Å². The largest absolute Gasteiger partial charge is 0.395 e. The lowest BCUT2D eigenvalue weighted by molar-refractivity contribution is -0.109. The van der Waals surface area contributed by atoms with Gasteiger partial charge in [-0.3, -0.25) is 0 Å². The van der Waals surface area contributed by atoms with E-state index in [1.807, 2.05) is 0 Å². The Labute approximate surface area is 114 Å². The van der Waals surface area contributed by atoms with Gasteiger partial charge in [0.05, 0.1) is 17.7 Å². The van der Waals surface area contributed by atoms with Gasteiger partial charge in [0.25, 0.3) is 0 Å². The molecule has 1 aromatic heterocycles. The molecule has 0 unspecified atom stereocenters. The van der Waals surface area contributed by atoms with Crippen LogP contribution in [0.25, 0.3) is 0 Å². The summed E-state index contributed by atoms with van der Waals surface area (Å²) in [6, 6.07) is 1.79. The Morgan fingerprint density at radius 2 is 1.95 bits per heavy atom. The normalized spacial score (nSPS) is 18.7. The zero-order chi connectivity index (χ0) is 13.7. The second-order valence-electron chi connectivity index (χ2n) is 5.11. The average molecular weight is 266 g/mol. The van der Waals surface area contributed by atoms with Crippen LogP contribution in [0, 0.1) is 0 Å². The van der Waals surface area contributed by atoms with Crippen molar-refractivity contribution in [1.82, 2.24) is 9.97 Å². The number of ether oxygens (including phenoxy) is 2. The van der Waals surface area contributed by atoms with Crippen LogP contribution in [0.15, 0.2) is 12.3 Å². The molecule has 1 aliphatic rings. The number of nitrogens with zero attached hydrogens (tertiary/aromatic N) is 2. The number of aliphatic hydroxyl groups excluding tert-OH is 1. The predicted octanol–water partition coefficient (Wildman–Crippen LogP) is 1.96. The molecule has 0 aliphatic heterocycles. The van der Waals surface area contributed by atoms with Gasteiger partial charge in [-0.25, -0.2) is 9.97 Å². The van der Waals surface area contributed by atoms with Crippen LogP contribution >= 0.6 is 0 Å². The van der Waals surface area contributed by atoms with Gasteiger partial charge in [-0.1, -0.05) is 19.3 Å². The van der Waals surface area contributed by atoms with Crippen molar-refractivity contribution in [3.05, 3.63) is 23.8 Å². The molecule has 1 saturated carbocycles. The fourth-order valence-electron chi connectivity index (χ4n) is 2.78. The maximum absolute atomic E-state index is 9.80. The van der Waals surface area contributed by atoms with Gasteiger partial charge in [0.2, 0.25) is 6.29 Å². The zero-order valence-electron chi connectivity index (χ0n) is 11.6. The molecule has 106 valence electrons. The van der Waals surface area contributed by atoms with Crippen molar-refractivity contribution >= 4 is 0 Å². The van der Waals surface area contributed by atoms with Gasteiger partial charge in [-0.2, -0.15) is 0 Å². The average Bonchev–Trinajstić information content (AvgIpc) is 2.49. The summed E-state index contributed by atoms with van der Waals surface area (Å²) >= 11 is 0. The third-order valence-electron chi connectivity index (χ3n) is 3.93. The van der Waals surface area contributed by atoms with E-state index in [1.165, 1.54) is 6.42 Å². The molecular weight excluding hydrogens is 244 g/mol. The van der Waals surface area contributed by atoms with Crippen molar-refractivity contribution in [1.29, 1.82) is 0 Å². The van der Waals surface area contributed by atoms with E-state index >= 15 is 0 Å². The first-order valence-electron chi connectivity index (χ1n) is 6.75. The minimum atomic E-state index is -0.485. The highest BCUT2D eigenvalue weighted by atomic mass is 16.7. The lowest BCUT2D eigenvalue weighted by Gasteiger charge is -2.34. The first kappa shape index (κ1) is 14.4. The smallest absolute Gasteiger partial charge is 0.200 e. The number of hydrogen-bond donors (Lipinski definition) is 1. The monoisotopic (exact) mass is 266 g/mol. The SMILES string of the molecule is COC(OC)c1ccnc(C2(CO)CCCCC2)n1. The fraction of sp³-hybridized carbons (Fsp3) is 0.714. The van der Waals surface area contributed by atoms with E-state index < -0.39 is 6.29 Å². The van der Waals surface area contributed by atoms with Gasteiger partial charge >= 0.3 is 0 Å². The Balaban J connectivity index is 2.30. The Bertz CT molecular complexity index is 401. The van der Waals surface area contributed by atoms with E-state index in [9.17, 15) is 5.11 Å². The van der Waals surface area contributed by atoms with Gasteiger partial charge in [-0.05, 0) is 18.9 Å². The lowest BCUT2D eigenvalue weighted by Crippen LogP contribution is -2.35. The number of hydrogen-bond acceptors (Lipinski definition) is 5. The highest BCUT2D eigenvalue weighted by Crippen LogP contribution is 2.37. The summed E-state index contributed by atoms with van der Waals surface area (Å²) in [6.45, 7) is 0.0983. The van der Waals surface area contributed by atoms with Crippen LogP contribution in [-0.4, -0.2) is 35.9 Å². The van der Waals surface area contributed by atoms with Crippen molar-refractivity contribution in [2.75, 3.05) is 20.8 Å². The van der Waals surface area contributed by atoms with Crippen LogP contribution in [-0.2, 0) is 14.9 Å². The molecule has 1 heterocycles. The Hall–Kier alpha value is -1.04. The third-order valence-corrected chi connectivity index (χ3v) is 3.93. The number of methoxy groups -OCH3 is 2. The standard InChI is InChI=1S/C14H22N2O3/c1-18-12(19-2)11-6-9-15-13(16-11)14(10-17)7-4-3-5-8-14/h6,9,12,17H,3-5,7-8,10H2,1-2H3. The molecule has 0 atom stereocenters. The van der Waals surface area contributed by atoms with Gasteiger partial charge in [-0.15, -0.1) is 0 Å². The maximum Gasteiger partial charge on any atom is 0.200 e. The summed E-state index contributed by atoms with van der Waals surface area (Å²) in [6.07, 6.45) is 6.57. The van der Waals surface area contributed by atoms with Crippen LogP contribution in [0.3, 0.4) is 0 Å². The summed E-state index contributed by atoms with van der Waals surface area (Å²) < 4.78 is 10.4. The molecule has 0 bridgehead atoms. The molecule has 19 heavy (non-hydrogen) atoms. The second-order valence-corrected chi connectivity index (χ2v) is 5.11. The van der Waals surface area contributed by atoms with Crippen molar-refractivity contribution < 1.29 is 14.6 Å².